The summed E-state index contributed by atoms with van der Waals surface area (Å²) < 4.78 is 0. The van der Waals surface area contributed by atoms with Crippen molar-refractivity contribution in [1.82, 2.24) is 15.3 Å². The van der Waals surface area contributed by atoms with Gasteiger partial charge in [-0.25, -0.2) is 9.78 Å². The van der Waals surface area contributed by atoms with Crippen molar-refractivity contribution in [3.63, 3.8) is 0 Å². The number of imidazole rings is 1. The number of amides is 1. The minimum Gasteiger partial charge on any atom is -0.477 e. The molecule has 0 aromatic carbocycles. The van der Waals surface area contributed by atoms with Crippen molar-refractivity contribution >= 4 is 11.9 Å². The molecule has 1 heterocycles. The van der Waals surface area contributed by atoms with E-state index in [0.29, 0.717) is 6.42 Å². The highest BCUT2D eigenvalue weighted by Gasteiger charge is 2.19. The monoisotopic (exact) mass is 241 g/mol. The zero-order valence-corrected chi connectivity index (χ0v) is 9.43. The Labute approximate surface area is 97.9 Å². The molecule has 0 fully saturated rings. The van der Waals surface area contributed by atoms with Gasteiger partial charge in [-0.1, -0.05) is 13.3 Å². The number of aliphatic hydroxyl groups excluding tert-OH is 1. The summed E-state index contributed by atoms with van der Waals surface area (Å²) in [4.78, 5) is 28.3. The van der Waals surface area contributed by atoms with E-state index >= 15 is 0 Å². The van der Waals surface area contributed by atoms with E-state index in [4.69, 9.17) is 5.11 Å². The van der Waals surface area contributed by atoms with Crippen molar-refractivity contribution in [2.75, 3.05) is 6.54 Å². The molecule has 4 N–H and O–H groups in total. The molecule has 0 aliphatic rings. The highest BCUT2D eigenvalue weighted by atomic mass is 16.4. The van der Waals surface area contributed by atoms with Crippen LogP contribution in [-0.2, 0) is 0 Å². The number of rotatable bonds is 6. The quantitative estimate of drug-likeness (QED) is 0.559. The van der Waals surface area contributed by atoms with Crippen LogP contribution >= 0.6 is 0 Å². The molecule has 0 aliphatic carbocycles. The lowest BCUT2D eigenvalue weighted by Crippen LogP contribution is -2.33. The Balaban J connectivity index is 2.58. The summed E-state index contributed by atoms with van der Waals surface area (Å²) in [6, 6.07) is 0. The molecular formula is C10H15N3O4. The second-order valence-electron chi connectivity index (χ2n) is 3.58. The summed E-state index contributed by atoms with van der Waals surface area (Å²) in [5, 5.41) is 20.6. The van der Waals surface area contributed by atoms with Gasteiger partial charge in [0.2, 0.25) is 0 Å². The number of carboxylic acid groups (broad SMARTS) is 1. The lowest BCUT2D eigenvalue weighted by molar-refractivity contribution is 0.0684. The maximum Gasteiger partial charge on any atom is 0.354 e. The fourth-order valence-electron chi connectivity index (χ4n) is 1.36. The number of aromatic amines is 1. The fraction of sp³-hybridized carbons (Fsp3) is 0.500. The first-order valence-electron chi connectivity index (χ1n) is 5.29. The van der Waals surface area contributed by atoms with E-state index in [1.165, 1.54) is 0 Å². The van der Waals surface area contributed by atoms with Crippen LogP contribution in [0.15, 0.2) is 6.33 Å². The number of carbonyl (C=O) groups excluding carboxylic acids is 1. The van der Waals surface area contributed by atoms with E-state index in [-0.39, 0.29) is 17.9 Å². The second kappa shape index (κ2) is 6.00. The van der Waals surface area contributed by atoms with Gasteiger partial charge in [-0.05, 0) is 6.42 Å². The molecule has 0 saturated heterocycles. The largest absolute Gasteiger partial charge is 0.477 e. The minimum absolute atomic E-state index is 0.0819. The molecule has 0 aliphatic heterocycles. The Morgan fingerprint density at radius 3 is 2.88 bits per heavy atom. The van der Waals surface area contributed by atoms with Crippen LogP contribution in [0.25, 0.3) is 0 Å². The Morgan fingerprint density at radius 1 is 1.59 bits per heavy atom. The smallest absolute Gasteiger partial charge is 0.354 e. The van der Waals surface area contributed by atoms with E-state index in [1.54, 1.807) is 0 Å². The van der Waals surface area contributed by atoms with Gasteiger partial charge in [-0.2, -0.15) is 0 Å². The lowest BCUT2D eigenvalue weighted by Gasteiger charge is -2.09. The van der Waals surface area contributed by atoms with Crippen molar-refractivity contribution in [2.24, 2.45) is 0 Å². The second-order valence-corrected chi connectivity index (χ2v) is 3.58. The number of nitrogens with one attached hydrogen (secondary N) is 2. The molecule has 17 heavy (non-hydrogen) atoms. The van der Waals surface area contributed by atoms with E-state index < -0.39 is 18.0 Å². The Bertz CT molecular complexity index is 402. The van der Waals surface area contributed by atoms with Crippen molar-refractivity contribution in [2.45, 2.75) is 25.9 Å². The topological polar surface area (TPSA) is 115 Å². The Kier molecular flexibility index (Phi) is 4.65. The number of aromatic carboxylic acids is 1. The molecule has 1 amide bonds. The van der Waals surface area contributed by atoms with E-state index in [2.05, 4.69) is 15.3 Å². The van der Waals surface area contributed by atoms with Crippen LogP contribution in [0.2, 0.25) is 0 Å². The van der Waals surface area contributed by atoms with Crippen LogP contribution in [0, 0.1) is 0 Å². The predicted molar refractivity (Wildman–Crippen MR) is 58.8 cm³/mol. The van der Waals surface area contributed by atoms with Crippen LogP contribution in [0.5, 0.6) is 0 Å². The zero-order valence-electron chi connectivity index (χ0n) is 9.43. The van der Waals surface area contributed by atoms with Crippen LogP contribution in [0.4, 0.5) is 0 Å². The van der Waals surface area contributed by atoms with Gasteiger partial charge in [0.15, 0.2) is 11.4 Å². The molecule has 7 heteroatoms. The normalized spacial score (nSPS) is 12.1. The highest BCUT2D eigenvalue weighted by molar-refractivity contribution is 6.02. The van der Waals surface area contributed by atoms with E-state index in [9.17, 15) is 14.7 Å². The zero-order chi connectivity index (χ0) is 12.8. The summed E-state index contributed by atoms with van der Waals surface area (Å²) in [7, 11) is 0. The van der Waals surface area contributed by atoms with Crippen LogP contribution in [-0.4, -0.2) is 44.7 Å². The van der Waals surface area contributed by atoms with Crippen LogP contribution in [0.1, 0.15) is 40.7 Å². The van der Waals surface area contributed by atoms with Gasteiger partial charge in [0, 0.05) is 6.54 Å². The van der Waals surface area contributed by atoms with E-state index in [0.717, 1.165) is 12.7 Å². The number of hydrogen-bond donors (Lipinski definition) is 4. The molecule has 1 aromatic heterocycles. The maximum atomic E-state index is 11.6. The first kappa shape index (κ1) is 13.2. The third-order valence-electron chi connectivity index (χ3n) is 2.19. The molecule has 1 atom stereocenters. The molecule has 1 rings (SSSR count). The molecule has 7 nitrogen and oxygen atoms in total. The fourth-order valence-corrected chi connectivity index (χ4v) is 1.36. The summed E-state index contributed by atoms with van der Waals surface area (Å²) >= 11 is 0. The lowest BCUT2D eigenvalue weighted by atomic mass is 10.2. The van der Waals surface area contributed by atoms with E-state index in [1.807, 2.05) is 6.92 Å². The first-order chi connectivity index (χ1) is 8.06. The number of aliphatic hydroxyl groups is 1. The maximum absolute atomic E-state index is 11.6. The van der Waals surface area contributed by atoms with Gasteiger partial charge >= 0.3 is 5.97 Å². The molecule has 94 valence electrons. The number of carbonyl (C=O) groups is 2. The molecule has 1 unspecified atom stereocenters. The van der Waals surface area contributed by atoms with Crippen molar-refractivity contribution in [3.8, 4) is 0 Å². The van der Waals surface area contributed by atoms with Gasteiger partial charge in [0.25, 0.3) is 5.91 Å². The average molecular weight is 241 g/mol. The number of nitrogens with zero attached hydrogens (tertiary/aromatic N) is 1. The number of aromatic nitrogens is 2. The van der Waals surface area contributed by atoms with Crippen molar-refractivity contribution in [1.29, 1.82) is 0 Å². The molecule has 0 saturated carbocycles. The minimum atomic E-state index is -1.25. The molecule has 1 aromatic rings. The summed E-state index contributed by atoms with van der Waals surface area (Å²) in [5.74, 6) is -1.86. The van der Waals surface area contributed by atoms with Crippen molar-refractivity contribution in [3.05, 3.63) is 17.7 Å². The predicted octanol–water partition coefficient (Wildman–Crippen LogP) is -0.00130. The first-order valence-corrected chi connectivity index (χ1v) is 5.29. The Hall–Kier alpha value is -1.89. The van der Waals surface area contributed by atoms with Crippen LogP contribution < -0.4 is 5.32 Å². The summed E-state index contributed by atoms with van der Waals surface area (Å²) in [6.07, 6.45) is 1.89. The highest BCUT2D eigenvalue weighted by Crippen LogP contribution is 2.02. The molecule has 0 bridgehead atoms. The van der Waals surface area contributed by atoms with Gasteiger partial charge in [-0.15, -0.1) is 0 Å². The molecule has 0 radical (unpaired) electrons. The Morgan fingerprint density at radius 2 is 2.29 bits per heavy atom. The third kappa shape index (κ3) is 3.56. The van der Waals surface area contributed by atoms with Crippen LogP contribution in [0.3, 0.4) is 0 Å². The van der Waals surface area contributed by atoms with Crippen molar-refractivity contribution < 1.29 is 19.8 Å². The number of carboxylic acids is 1. The molecule has 0 spiro atoms. The number of H-pyrrole nitrogens is 1. The van der Waals surface area contributed by atoms with Gasteiger partial charge in [0.1, 0.15) is 0 Å². The van der Waals surface area contributed by atoms with Gasteiger partial charge in [-0.3, -0.25) is 4.79 Å². The standard InChI is InChI=1S/C10H15N3O4/c1-2-3-6(14)4-11-9(15)7-8(10(16)17)13-5-12-7/h5-6,14H,2-4H2,1H3,(H,11,15)(H,12,13)(H,16,17). The van der Waals surface area contributed by atoms with Gasteiger partial charge < -0.3 is 20.5 Å². The molecular weight excluding hydrogens is 226 g/mol. The SMILES string of the molecule is CCCC(O)CNC(=O)c1nc[nH]c1C(=O)O. The summed E-state index contributed by atoms with van der Waals surface area (Å²) in [6.45, 7) is 2.00. The third-order valence-corrected chi connectivity index (χ3v) is 2.19. The average Bonchev–Trinajstić information content (AvgIpc) is 2.75. The summed E-state index contributed by atoms with van der Waals surface area (Å²) in [5.41, 5.74) is -0.436. The number of hydrogen-bond acceptors (Lipinski definition) is 4. The van der Waals surface area contributed by atoms with Gasteiger partial charge in [0.05, 0.1) is 12.4 Å².